The fourth-order valence-electron chi connectivity index (χ4n) is 2.57. The van der Waals surface area contributed by atoms with E-state index in [-0.39, 0.29) is 12.1 Å². The molecule has 3 unspecified atom stereocenters. The van der Waals surface area contributed by atoms with Gasteiger partial charge in [0.1, 0.15) is 5.75 Å². The third-order valence-corrected chi connectivity index (χ3v) is 3.67. The van der Waals surface area contributed by atoms with Gasteiger partial charge in [-0.25, -0.2) is 0 Å². The van der Waals surface area contributed by atoms with E-state index >= 15 is 0 Å². The molecule has 0 aliphatic carbocycles. The Kier molecular flexibility index (Phi) is 4.61. The highest BCUT2D eigenvalue weighted by molar-refractivity contribution is 5.37. The normalized spacial score (nSPS) is 21.8. The maximum atomic E-state index is 6.23. The average Bonchev–Trinajstić information content (AvgIpc) is 2.39. The molecule has 1 aliphatic rings. The van der Waals surface area contributed by atoms with Gasteiger partial charge in [-0.2, -0.15) is 0 Å². The minimum Gasteiger partial charge on any atom is -0.493 e. The number of hydrogen-bond acceptors (Lipinski definition) is 3. The lowest BCUT2D eigenvalue weighted by Crippen LogP contribution is -2.36. The number of rotatable bonds is 5. The van der Waals surface area contributed by atoms with Crippen molar-refractivity contribution >= 4 is 0 Å². The monoisotopic (exact) mass is 249 g/mol. The largest absolute Gasteiger partial charge is 0.493 e. The van der Waals surface area contributed by atoms with Crippen molar-refractivity contribution in [2.45, 2.75) is 44.8 Å². The van der Waals surface area contributed by atoms with E-state index in [2.05, 4.69) is 19.1 Å². The second-order valence-corrected chi connectivity index (χ2v) is 4.93. The van der Waals surface area contributed by atoms with Gasteiger partial charge in [0.2, 0.25) is 0 Å². The smallest absolute Gasteiger partial charge is 0.122 e. The highest BCUT2D eigenvalue weighted by Crippen LogP contribution is 2.36. The summed E-state index contributed by atoms with van der Waals surface area (Å²) in [6.07, 6.45) is 2.12. The minimum absolute atomic E-state index is 0.0844. The second kappa shape index (κ2) is 6.21. The predicted octanol–water partition coefficient (Wildman–Crippen LogP) is 2.70. The highest BCUT2D eigenvalue weighted by atomic mass is 16.5. The summed E-state index contributed by atoms with van der Waals surface area (Å²) in [5, 5.41) is 0. The number of hydrogen-bond donors (Lipinski definition) is 1. The fraction of sp³-hybridized carbons (Fsp3) is 0.600. The van der Waals surface area contributed by atoms with Crippen LogP contribution in [0.5, 0.6) is 5.75 Å². The molecule has 1 aliphatic heterocycles. The Balaban J connectivity index is 2.02. The van der Waals surface area contributed by atoms with Crippen LogP contribution in [0, 0.1) is 0 Å². The first-order valence-corrected chi connectivity index (χ1v) is 6.81. The number of fused-ring (bicyclic) bond motifs is 1. The zero-order chi connectivity index (χ0) is 13.0. The van der Waals surface area contributed by atoms with Gasteiger partial charge in [-0.3, -0.25) is 0 Å². The van der Waals surface area contributed by atoms with Crippen LogP contribution in [0.25, 0.3) is 0 Å². The van der Waals surface area contributed by atoms with Crippen molar-refractivity contribution in [3.63, 3.8) is 0 Å². The molecular formula is C15H23NO2. The molecule has 0 radical (unpaired) electrons. The molecule has 3 nitrogen and oxygen atoms in total. The Morgan fingerprint density at radius 1 is 1.44 bits per heavy atom. The lowest BCUT2D eigenvalue weighted by molar-refractivity contribution is 0.0525. The molecule has 0 amide bonds. The van der Waals surface area contributed by atoms with E-state index in [1.54, 1.807) is 0 Å². The van der Waals surface area contributed by atoms with E-state index < -0.39 is 0 Å². The summed E-state index contributed by atoms with van der Waals surface area (Å²) in [6.45, 7) is 5.57. The van der Waals surface area contributed by atoms with Crippen LogP contribution < -0.4 is 10.5 Å². The van der Waals surface area contributed by atoms with Gasteiger partial charge in [0.05, 0.1) is 12.7 Å². The van der Waals surface area contributed by atoms with Crippen molar-refractivity contribution in [2.24, 2.45) is 5.73 Å². The molecule has 0 saturated carbocycles. The summed E-state index contributed by atoms with van der Waals surface area (Å²) < 4.78 is 11.2. The van der Waals surface area contributed by atoms with Gasteiger partial charge >= 0.3 is 0 Å². The number of ether oxygens (including phenoxy) is 2. The van der Waals surface area contributed by atoms with Crippen molar-refractivity contribution < 1.29 is 9.47 Å². The average molecular weight is 249 g/mol. The minimum atomic E-state index is 0.0844. The summed E-state index contributed by atoms with van der Waals surface area (Å²) in [5.41, 5.74) is 7.52. The first kappa shape index (κ1) is 13.4. The van der Waals surface area contributed by atoms with Crippen molar-refractivity contribution in [1.29, 1.82) is 0 Å². The predicted molar refractivity (Wildman–Crippen MR) is 73.0 cm³/mol. The lowest BCUT2D eigenvalue weighted by atomic mass is 9.86. The topological polar surface area (TPSA) is 44.5 Å². The second-order valence-electron chi connectivity index (χ2n) is 4.93. The molecule has 3 atom stereocenters. The van der Waals surface area contributed by atoms with Crippen molar-refractivity contribution in [3.05, 3.63) is 29.8 Å². The third-order valence-electron chi connectivity index (χ3n) is 3.67. The molecule has 0 aromatic heterocycles. The summed E-state index contributed by atoms with van der Waals surface area (Å²) in [7, 11) is 0. The van der Waals surface area contributed by atoms with Gasteiger partial charge in [-0.1, -0.05) is 18.2 Å². The van der Waals surface area contributed by atoms with Gasteiger partial charge in [-0.15, -0.1) is 0 Å². The number of para-hydroxylation sites is 1. The zero-order valence-electron chi connectivity index (χ0n) is 11.3. The molecule has 0 spiro atoms. The van der Waals surface area contributed by atoms with E-state index in [0.717, 1.165) is 31.8 Å². The molecule has 3 heteroatoms. The maximum absolute atomic E-state index is 6.23. The lowest BCUT2D eigenvalue weighted by Gasteiger charge is -2.29. The molecule has 0 bridgehead atoms. The molecule has 1 aromatic carbocycles. The van der Waals surface area contributed by atoms with Gasteiger partial charge in [0.25, 0.3) is 0 Å². The van der Waals surface area contributed by atoms with Crippen molar-refractivity contribution in [3.8, 4) is 5.75 Å². The quantitative estimate of drug-likeness (QED) is 0.872. The summed E-state index contributed by atoms with van der Waals surface area (Å²) >= 11 is 0. The molecule has 100 valence electrons. The van der Waals surface area contributed by atoms with Crippen LogP contribution in [0.3, 0.4) is 0 Å². The van der Waals surface area contributed by atoms with Crippen LogP contribution in [0.2, 0.25) is 0 Å². The van der Waals surface area contributed by atoms with Crippen molar-refractivity contribution in [2.75, 3.05) is 13.2 Å². The Labute approximate surface area is 109 Å². The summed E-state index contributed by atoms with van der Waals surface area (Å²) in [6, 6.07) is 8.36. The van der Waals surface area contributed by atoms with Crippen LogP contribution in [-0.4, -0.2) is 25.4 Å². The summed E-state index contributed by atoms with van der Waals surface area (Å²) in [5.74, 6) is 1.51. The maximum Gasteiger partial charge on any atom is 0.122 e. The van der Waals surface area contributed by atoms with E-state index in [1.807, 2.05) is 19.1 Å². The van der Waals surface area contributed by atoms with E-state index in [1.165, 1.54) is 5.56 Å². The molecule has 1 aromatic rings. The fourth-order valence-corrected chi connectivity index (χ4v) is 2.57. The molecule has 2 N–H and O–H groups in total. The van der Waals surface area contributed by atoms with Crippen LogP contribution in [0.1, 0.15) is 38.2 Å². The standard InChI is InChI=1S/C15H23NO2/c1-3-17-11(2)14(16)10-12-8-9-18-15-7-5-4-6-13(12)15/h4-7,11-12,14H,3,8-10,16H2,1-2H3. The highest BCUT2D eigenvalue weighted by Gasteiger charge is 2.25. The first-order chi connectivity index (χ1) is 8.72. The Morgan fingerprint density at radius 2 is 2.22 bits per heavy atom. The van der Waals surface area contributed by atoms with Crippen LogP contribution >= 0.6 is 0 Å². The Bertz CT molecular complexity index is 381. The van der Waals surface area contributed by atoms with Crippen LogP contribution in [0.4, 0.5) is 0 Å². The molecule has 0 saturated heterocycles. The van der Waals surface area contributed by atoms with Crippen molar-refractivity contribution in [1.82, 2.24) is 0 Å². The zero-order valence-corrected chi connectivity index (χ0v) is 11.3. The third kappa shape index (κ3) is 3.03. The van der Waals surface area contributed by atoms with Gasteiger partial charge in [0, 0.05) is 12.6 Å². The summed E-state index contributed by atoms with van der Waals surface area (Å²) in [4.78, 5) is 0. The number of nitrogens with two attached hydrogens (primary N) is 1. The molecule has 0 fully saturated rings. The number of benzene rings is 1. The Morgan fingerprint density at radius 3 is 3.00 bits per heavy atom. The van der Waals surface area contributed by atoms with E-state index in [9.17, 15) is 0 Å². The molecule has 2 rings (SSSR count). The van der Waals surface area contributed by atoms with Gasteiger partial charge in [-0.05, 0) is 44.2 Å². The SMILES string of the molecule is CCOC(C)C(N)CC1CCOc2ccccc21. The first-order valence-electron chi connectivity index (χ1n) is 6.81. The molecular weight excluding hydrogens is 226 g/mol. The van der Waals surface area contributed by atoms with E-state index in [4.69, 9.17) is 15.2 Å². The van der Waals surface area contributed by atoms with Gasteiger partial charge < -0.3 is 15.2 Å². The van der Waals surface area contributed by atoms with Crippen LogP contribution in [0.15, 0.2) is 24.3 Å². The van der Waals surface area contributed by atoms with E-state index in [0.29, 0.717) is 5.92 Å². The van der Waals surface area contributed by atoms with Crippen LogP contribution in [-0.2, 0) is 4.74 Å². The Hall–Kier alpha value is -1.06. The van der Waals surface area contributed by atoms with Gasteiger partial charge in [0.15, 0.2) is 0 Å². The molecule has 1 heterocycles. The molecule has 18 heavy (non-hydrogen) atoms.